The molecule has 3 rings (SSSR count). The Hall–Kier alpha value is -3.33. The molecule has 2 aromatic heterocycles. The van der Waals surface area contributed by atoms with Gasteiger partial charge in [-0.05, 0) is 17.7 Å². The first-order chi connectivity index (χ1) is 14.7. The molecule has 0 aliphatic carbocycles. The van der Waals surface area contributed by atoms with Crippen LogP contribution in [0.15, 0.2) is 48.0 Å². The van der Waals surface area contributed by atoms with E-state index in [1.165, 1.54) is 6.33 Å². The lowest BCUT2D eigenvalue weighted by Gasteiger charge is -2.25. The Morgan fingerprint density at radius 3 is 2.52 bits per heavy atom. The Balaban J connectivity index is 2.23. The van der Waals surface area contributed by atoms with Gasteiger partial charge in [0.15, 0.2) is 5.78 Å². The first-order valence-electron chi connectivity index (χ1n) is 9.25. The molecule has 0 amide bonds. The van der Waals surface area contributed by atoms with Gasteiger partial charge >= 0.3 is 0 Å². The van der Waals surface area contributed by atoms with Gasteiger partial charge in [-0.25, -0.2) is 9.97 Å². The van der Waals surface area contributed by atoms with E-state index < -0.39 is 10.8 Å². The number of rotatable bonds is 5. The van der Waals surface area contributed by atoms with Crippen molar-refractivity contribution in [2.75, 3.05) is 5.73 Å². The fourth-order valence-electron chi connectivity index (χ4n) is 2.95. The molecule has 31 heavy (non-hydrogen) atoms. The minimum atomic E-state index is -0.721. The van der Waals surface area contributed by atoms with Crippen molar-refractivity contribution in [3.8, 4) is 23.3 Å². The number of hydrogen-bond donors (Lipinski definition) is 1. The van der Waals surface area contributed by atoms with E-state index in [9.17, 15) is 15.3 Å². The first-order valence-corrected chi connectivity index (χ1v) is 10.5. The molecule has 0 aliphatic rings. The van der Waals surface area contributed by atoms with E-state index in [-0.39, 0.29) is 27.8 Å². The van der Waals surface area contributed by atoms with Crippen LogP contribution < -0.4 is 5.73 Å². The summed E-state index contributed by atoms with van der Waals surface area (Å²) in [5.74, 6) is -0.0972. The lowest BCUT2D eigenvalue weighted by molar-refractivity contribution is -0.127. The Labute approximate surface area is 189 Å². The molecule has 0 fully saturated rings. The molecule has 1 atom stereocenters. The number of pyridine rings is 1. The van der Waals surface area contributed by atoms with E-state index in [4.69, 9.17) is 17.3 Å². The van der Waals surface area contributed by atoms with E-state index in [0.29, 0.717) is 16.1 Å². The van der Waals surface area contributed by atoms with Crippen LogP contribution in [-0.4, -0.2) is 20.3 Å². The quantitative estimate of drug-likeness (QED) is 0.552. The number of benzene rings is 1. The summed E-state index contributed by atoms with van der Waals surface area (Å²) >= 11 is 7.23. The van der Waals surface area contributed by atoms with Gasteiger partial charge in [0.25, 0.3) is 0 Å². The number of imidazole rings is 1. The number of halogens is 1. The van der Waals surface area contributed by atoms with E-state index in [1.807, 2.05) is 26.8 Å². The lowest BCUT2D eigenvalue weighted by atomic mass is 9.90. The van der Waals surface area contributed by atoms with E-state index >= 15 is 0 Å². The highest BCUT2D eigenvalue weighted by molar-refractivity contribution is 8.00. The number of hydrogen-bond acceptors (Lipinski definition) is 7. The summed E-state index contributed by atoms with van der Waals surface area (Å²) < 4.78 is 1.66. The van der Waals surface area contributed by atoms with Crippen molar-refractivity contribution in [2.45, 2.75) is 31.2 Å². The first kappa shape index (κ1) is 22.4. The number of aromatic nitrogens is 3. The molecule has 0 radical (unpaired) electrons. The second-order valence-corrected chi connectivity index (χ2v) is 9.26. The predicted octanol–water partition coefficient (Wildman–Crippen LogP) is 4.83. The molecule has 3 aromatic rings. The van der Waals surface area contributed by atoms with Gasteiger partial charge in [0.1, 0.15) is 33.9 Å². The van der Waals surface area contributed by atoms with Gasteiger partial charge in [-0.2, -0.15) is 10.5 Å². The number of carbonyl (C=O) groups excluding carboxylic acids is 1. The normalized spacial score (nSPS) is 12.1. The molecular formula is C22H19ClN6OS. The Morgan fingerprint density at radius 1 is 1.26 bits per heavy atom. The molecular weight excluding hydrogens is 432 g/mol. The SMILES string of the molecule is CC(C)(C)C(=O)C(Sc1nc(N)c(C#N)c(-c2cccc(Cl)c2)c1C#N)n1ccnc1. The van der Waals surface area contributed by atoms with Crippen molar-refractivity contribution in [3.05, 3.63) is 59.1 Å². The standard InChI is InChI=1S/C22H19ClN6OS/c1-22(2,3)18(30)21(29-8-7-27-12-29)31-20-16(11-25)17(15(10-24)19(26)28-20)13-5-4-6-14(23)9-13/h4-9,12,21H,1-3H3,(H2,26,28). The summed E-state index contributed by atoms with van der Waals surface area (Å²) in [6, 6.07) is 11.0. The largest absolute Gasteiger partial charge is 0.383 e. The third-order valence-corrected chi connectivity index (χ3v) is 5.95. The minimum absolute atomic E-state index is 0.0217. The maximum atomic E-state index is 13.2. The molecule has 0 bridgehead atoms. The topological polar surface area (TPSA) is 121 Å². The van der Waals surface area contributed by atoms with Crippen LogP contribution in [0, 0.1) is 28.1 Å². The number of Topliss-reactive ketones (excluding diaryl/α,β-unsaturated/α-hetero) is 1. The lowest BCUT2D eigenvalue weighted by Crippen LogP contribution is -2.28. The van der Waals surface area contributed by atoms with Gasteiger partial charge in [-0.15, -0.1) is 0 Å². The molecule has 0 aliphatic heterocycles. The smallest absolute Gasteiger partial charge is 0.171 e. The molecule has 7 nitrogen and oxygen atoms in total. The highest BCUT2D eigenvalue weighted by Gasteiger charge is 2.33. The third-order valence-electron chi connectivity index (χ3n) is 4.51. The zero-order valence-corrected chi connectivity index (χ0v) is 18.7. The summed E-state index contributed by atoms with van der Waals surface area (Å²) in [4.78, 5) is 21.5. The zero-order chi connectivity index (χ0) is 22.8. The van der Waals surface area contributed by atoms with Gasteiger partial charge in [0.2, 0.25) is 0 Å². The van der Waals surface area contributed by atoms with Gasteiger partial charge in [0.05, 0.1) is 11.9 Å². The Bertz CT molecular complexity index is 1220. The molecule has 1 aromatic carbocycles. The molecule has 0 spiro atoms. The fourth-order valence-corrected chi connectivity index (χ4v) is 4.48. The number of ketones is 1. The van der Waals surface area contributed by atoms with Gasteiger partial charge in [0, 0.05) is 28.4 Å². The maximum absolute atomic E-state index is 13.2. The third kappa shape index (κ3) is 4.56. The van der Waals surface area contributed by atoms with Crippen LogP contribution in [0.1, 0.15) is 37.3 Å². The van der Waals surface area contributed by atoms with Crippen LogP contribution in [0.5, 0.6) is 0 Å². The van der Waals surface area contributed by atoms with Crippen molar-refractivity contribution in [2.24, 2.45) is 5.41 Å². The van der Waals surface area contributed by atoms with Crippen LogP contribution in [0.2, 0.25) is 5.02 Å². The number of nitrogens with two attached hydrogens (primary N) is 1. The predicted molar refractivity (Wildman–Crippen MR) is 120 cm³/mol. The van der Waals surface area contributed by atoms with E-state index in [0.717, 1.165) is 11.8 Å². The molecule has 156 valence electrons. The van der Waals surface area contributed by atoms with Crippen molar-refractivity contribution >= 4 is 35.0 Å². The summed E-state index contributed by atoms with van der Waals surface area (Å²) in [7, 11) is 0. The number of anilines is 1. The number of carbonyl (C=O) groups is 1. The Morgan fingerprint density at radius 2 is 1.97 bits per heavy atom. The highest BCUT2D eigenvalue weighted by Crippen LogP contribution is 2.42. The van der Waals surface area contributed by atoms with Gasteiger partial charge in [-0.3, -0.25) is 4.79 Å². The minimum Gasteiger partial charge on any atom is -0.383 e. The summed E-state index contributed by atoms with van der Waals surface area (Å²) in [6.45, 7) is 5.47. The highest BCUT2D eigenvalue weighted by atomic mass is 35.5. The number of nitriles is 2. The second kappa shape index (κ2) is 8.81. The van der Waals surface area contributed by atoms with Gasteiger partial charge in [-0.1, -0.05) is 56.3 Å². The fraction of sp³-hybridized carbons (Fsp3) is 0.227. The van der Waals surface area contributed by atoms with Crippen molar-refractivity contribution in [1.29, 1.82) is 10.5 Å². The van der Waals surface area contributed by atoms with E-state index in [1.54, 1.807) is 41.2 Å². The number of nitrogen functional groups attached to an aromatic ring is 1. The maximum Gasteiger partial charge on any atom is 0.171 e. The molecule has 1 unspecified atom stereocenters. The molecule has 0 saturated carbocycles. The molecule has 0 saturated heterocycles. The van der Waals surface area contributed by atoms with Crippen molar-refractivity contribution in [1.82, 2.24) is 14.5 Å². The average molecular weight is 451 g/mol. The van der Waals surface area contributed by atoms with Crippen LogP contribution in [0.3, 0.4) is 0 Å². The van der Waals surface area contributed by atoms with Crippen LogP contribution >= 0.6 is 23.4 Å². The van der Waals surface area contributed by atoms with E-state index in [2.05, 4.69) is 16.0 Å². The summed E-state index contributed by atoms with van der Waals surface area (Å²) in [6.07, 6.45) is 4.79. The Kier molecular flexibility index (Phi) is 6.35. The van der Waals surface area contributed by atoms with Crippen molar-refractivity contribution < 1.29 is 4.79 Å². The second-order valence-electron chi connectivity index (χ2n) is 7.76. The zero-order valence-electron chi connectivity index (χ0n) is 17.1. The monoisotopic (exact) mass is 450 g/mol. The molecule has 2 N–H and O–H groups in total. The van der Waals surface area contributed by atoms with Crippen LogP contribution in [0.25, 0.3) is 11.1 Å². The summed E-state index contributed by atoms with van der Waals surface area (Å²) in [5, 5.41) is 19.7. The van der Waals surface area contributed by atoms with Gasteiger partial charge < -0.3 is 10.3 Å². The number of thioether (sulfide) groups is 1. The summed E-state index contributed by atoms with van der Waals surface area (Å²) in [5.41, 5.74) is 6.60. The molecule has 9 heteroatoms. The molecule has 2 heterocycles. The number of nitrogens with zero attached hydrogens (tertiary/aromatic N) is 5. The van der Waals surface area contributed by atoms with Crippen molar-refractivity contribution in [3.63, 3.8) is 0 Å². The van der Waals surface area contributed by atoms with Crippen LogP contribution in [0.4, 0.5) is 5.82 Å². The average Bonchev–Trinajstić information content (AvgIpc) is 3.24. The van der Waals surface area contributed by atoms with Crippen LogP contribution in [-0.2, 0) is 4.79 Å².